The van der Waals surface area contributed by atoms with Crippen LogP contribution in [-0.2, 0) is 4.79 Å². The lowest BCUT2D eigenvalue weighted by molar-refractivity contribution is -0.123. The summed E-state index contributed by atoms with van der Waals surface area (Å²) in [5.41, 5.74) is 7.22. The van der Waals surface area contributed by atoms with Crippen molar-refractivity contribution in [2.75, 3.05) is 13.2 Å². The summed E-state index contributed by atoms with van der Waals surface area (Å²) in [6, 6.07) is 12.6. The fraction of sp³-hybridized carbons (Fsp3) is 0.375. The molecule has 2 amide bonds. The molecule has 2 aromatic carbocycles. The lowest BCUT2D eigenvalue weighted by Crippen LogP contribution is -2.49. The average molecular weight is 458 g/mol. The van der Waals surface area contributed by atoms with Crippen molar-refractivity contribution >= 4 is 29.1 Å². The first-order valence-electron chi connectivity index (χ1n) is 10.7. The number of nitrogens with one attached hydrogen (secondary N) is 3. The maximum atomic E-state index is 12.3. The molecule has 0 saturated heterocycles. The number of hydrogen-bond acceptors (Lipinski definition) is 5. The summed E-state index contributed by atoms with van der Waals surface area (Å²) >= 11 is 5.06. The van der Waals surface area contributed by atoms with E-state index in [1.807, 2.05) is 32.0 Å². The van der Waals surface area contributed by atoms with Crippen LogP contribution in [0.2, 0.25) is 0 Å². The van der Waals surface area contributed by atoms with Gasteiger partial charge in [-0.3, -0.25) is 25.8 Å². The van der Waals surface area contributed by atoms with Gasteiger partial charge < -0.3 is 9.47 Å². The first kappa shape index (κ1) is 25.1. The zero-order valence-electron chi connectivity index (χ0n) is 18.8. The third-order valence-corrected chi connectivity index (χ3v) is 4.89. The SMILES string of the molecule is CCCCCCOc1ccc(C(=O)NC(=S)NNC(=O)COc2c(C)cccc2C)cc1. The van der Waals surface area contributed by atoms with E-state index in [4.69, 9.17) is 21.7 Å². The van der Waals surface area contributed by atoms with Crippen LogP contribution in [0.1, 0.15) is 54.1 Å². The molecule has 0 bridgehead atoms. The molecule has 0 aromatic heterocycles. The monoisotopic (exact) mass is 457 g/mol. The van der Waals surface area contributed by atoms with Gasteiger partial charge in [-0.05, 0) is 67.9 Å². The van der Waals surface area contributed by atoms with E-state index >= 15 is 0 Å². The Kier molecular flexibility index (Phi) is 10.5. The number of carbonyl (C=O) groups excluding carboxylic acids is 2. The Morgan fingerprint density at radius 3 is 2.25 bits per heavy atom. The number of carbonyl (C=O) groups is 2. The van der Waals surface area contributed by atoms with Gasteiger partial charge in [0, 0.05) is 5.56 Å². The Hall–Kier alpha value is -3.13. The summed E-state index contributed by atoms with van der Waals surface area (Å²) in [6.45, 7) is 6.47. The van der Waals surface area contributed by atoms with E-state index in [9.17, 15) is 9.59 Å². The second kappa shape index (κ2) is 13.3. The number of rotatable bonds is 10. The molecule has 0 atom stereocenters. The molecule has 0 radical (unpaired) electrons. The Bertz CT molecular complexity index is 896. The van der Waals surface area contributed by atoms with Crippen LogP contribution >= 0.6 is 12.2 Å². The molecule has 172 valence electrons. The van der Waals surface area contributed by atoms with Crippen LogP contribution in [0.4, 0.5) is 0 Å². The molecule has 0 heterocycles. The summed E-state index contributed by atoms with van der Waals surface area (Å²) in [5.74, 6) is 0.574. The molecular formula is C24H31N3O4S. The smallest absolute Gasteiger partial charge is 0.276 e. The van der Waals surface area contributed by atoms with Gasteiger partial charge in [0.2, 0.25) is 0 Å². The number of unbranched alkanes of at least 4 members (excludes halogenated alkanes) is 3. The van der Waals surface area contributed by atoms with Crippen LogP contribution < -0.4 is 25.6 Å². The summed E-state index contributed by atoms with van der Waals surface area (Å²) in [7, 11) is 0. The maximum absolute atomic E-state index is 12.3. The van der Waals surface area contributed by atoms with Crippen molar-refractivity contribution in [1.82, 2.24) is 16.2 Å². The normalized spacial score (nSPS) is 10.2. The molecule has 0 spiro atoms. The number of hydrazine groups is 1. The highest BCUT2D eigenvalue weighted by molar-refractivity contribution is 7.80. The van der Waals surface area contributed by atoms with Crippen molar-refractivity contribution < 1.29 is 19.1 Å². The van der Waals surface area contributed by atoms with Gasteiger partial charge in [-0.2, -0.15) is 0 Å². The first-order valence-corrected chi connectivity index (χ1v) is 11.1. The number of amides is 2. The predicted octanol–water partition coefficient (Wildman–Crippen LogP) is 3.98. The number of hydrogen-bond donors (Lipinski definition) is 3. The second-order valence-corrected chi connectivity index (χ2v) is 7.81. The fourth-order valence-corrected chi connectivity index (χ4v) is 3.10. The molecule has 32 heavy (non-hydrogen) atoms. The van der Waals surface area contributed by atoms with E-state index in [1.54, 1.807) is 24.3 Å². The minimum absolute atomic E-state index is 0.0216. The van der Waals surface area contributed by atoms with Crippen molar-refractivity contribution in [3.05, 3.63) is 59.2 Å². The third kappa shape index (κ3) is 8.55. The van der Waals surface area contributed by atoms with Crippen LogP contribution in [0.5, 0.6) is 11.5 Å². The molecule has 0 aliphatic rings. The van der Waals surface area contributed by atoms with Crippen molar-refractivity contribution in [1.29, 1.82) is 0 Å². The number of para-hydroxylation sites is 1. The van der Waals surface area contributed by atoms with Gasteiger partial charge in [-0.25, -0.2) is 0 Å². The molecule has 2 rings (SSSR count). The van der Waals surface area contributed by atoms with Gasteiger partial charge in [0.15, 0.2) is 11.7 Å². The van der Waals surface area contributed by atoms with E-state index in [2.05, 4.69) is 23.1 Å². The lowest BCUT2D eigenvalue weighted by Gasteiger charge is -2.13. The molecular weight excluding hydrogens is 426 g/mol. The van der Waals surface area contributed by atoms with Gasteiger partial charge in [-0.1, -0.05) is 44.4 Å². The van der Waals surface area contributed by atoms with E-state index in [1.165, 1.54) is 12.8 Å². The maximum Gasteiger partial charge on any atom is 0.276 e. The zero-order valence-corrected chi connectivity index (χ0v) is 19.6. The van der Waals surface area contributed by atoms with E-state index in [0.29, 0.717) is 17.9 Å². The molecule has 8 heteroatoms. The second-order valence-electron chi connectivity index (χ2n) is 7.40. The summed E-state index contributed by atoms with van der Waals surface area (Å²) in [5, 5.41) is 2.49. The van der Waals surface area contributed by atoms with E-state index < -0.39 is 11.8 Å². The van der Waals surface area contributed by atoms with Crippen LogP contribution in [0.25, 0.3) is 0 Å². The first-order chi connectivity index (χ1) is 15.4. The van der Waals surface area contributed by atoms with Crippen LogP contribution in [0.15, 0.2) is 42.5 Å². The van der Waals surface area contributed by atoms with E-state index in [-0.39, 0.29) is 11.7 Å². The highest BCUT2D eigenvalue weighted by atomic mass is 32.1. The van der Waals surface area contributed by atoms with Gasteiger partial charge in [0.1, 0.15) is 11.5 Å². The molecule has 0 aliphatic carbocycles. The van der Waals surface area contributed by atoms with Crippen molar-refractivity contribution in [2.24, 2.45) is 0 Å². The summed E-state index contributed by atoms with van der Waals surface area (Å²) in [4.78, 5) is 24.3. The van der Waals surface area contributed by atoms with Crippen LogP contribution in [0, 0.1) is 13.8 Å². The topological polar surface area (TPSA) is 88.7 Å². The average Bonchev–Trinajstić information content (AvgIpc) is 2.77. The van der Waals surface area contributed by atoms with Crippen molar-refractivity contribution in [2.45, 2.75) is 46.5 Å². The molecule has 0 unspecified atom stereocenters. The Balaban J connectivity index is 1.70. The van der Waals surface area contributed by atoms with Gasteiger partial charge in [0.05, 0.1) is 6.61 Å². The van der Waals surface area contributed by atoms with Gasteiger partial charge in [0.25, 0.3) is 11.8 Å². The van der Waals surface area contributed by atoms with Crippen LogP contribution in [0.3, 0.4) is 0 Å². The van der Waals surface area contributed by atoms with E-state index in [0.717, 1.165) is 29.7 Å². The molecule has 0 fully saturated rings. The largest absolute Gasteiger partial charge is 0.494 e. The Morgan fingerprint density at radius 1 is 0.906 bits per heavy atom. The third-order valence-electron chi connectivity index (χ3n) is 4.68. The van der Waals surface area contributed by atoms with Crippen molar-refractivity contribution in [3.63, 3.8) is 0 Å². The van der Waals surface area contributed by atoms with Gasteiger partial charge >= 0.3 is 0 Å². The number of ether oxygens (including phenoxy) is 2. The molecule has 2 aromatic rings. The minimum Gasteiger partial charge on any atom is -0.494 e. The van der Waals surface area contributed by atoms with Crippen molar-refractivity contribution in [3.8, 4) is 11.5 Å². The fourth-order valence-electron chi connectivity index (χ4n) is 2.96. The Morgan fingerprint density at radius 2 is 1.59 bits per heavy atom. The Labute approximate surface area is 194 Å². The number of benzene rings is 2. The van der Waals surface area contributed by atoms with Gasteiger partial charge in [-0.15, -0.1) is 0 Å². The quantitative estimate of drug-likeness (QED) is 0.284. The highest BCUT2D eigenvalue weighted by Crippen LogP contribution is 2.22. The zero-order chi connectivity index (χ0) is 23.3. The molecule has 3 N–H and O–H groups in total. The molecule has 0 aliphatic heterocycles. The highest BCUT2D eigenvalue weighted by Gasteiger charge is 2.10. The minimum atomic E-state index is -0.426. The number of aryl methyl sites for hydroxylation is 2. The lowest BCUT2D eigenvalue weighted by atomic mass is 10.1. The van der Waals surface area contributed by atoms with Crippen LogP contribution in [-0.4, -0.2) is 30.1 Å². The predicted molar refractivity (Wildman–Crippen MR) is 129 cm³/mol. The molecule has 0 saturated carbocycles. The standard InChI is InChI=1S/C24H31N3O4S/c1-4-5-6-7-15-30-20-13-11-19(12-14-20)23(29)25-24(32)27-26-21(28)16-31-22-17(2)9-8-10-18(22)3/h8-14H,4-7,15-16H2,1-3H3,(H,26,28)(H2,25,27,29,32). The summed E-state index contributed by atoms with van der Waals surface area (Å²) in [6.07, 6.45) is 4.55. The summed E-state index contributed by atoms with van der Waals surface area (Å²) < 4.78 is 11.2. The molecule has 7 nitrogen and oxygen atoms in total. The number of thiocarbonyl (C=S) groups is 1.